The van der Waals surface area contributed by atoms with E-state index in [2.05, 4.69) is 11.8 Å². The minimum absolute atomic E-state index is 0.678. The minimum Gasteiger partial charge on any atom is -0.457 e. The molecule has 0 bridgehead atoms. The molecule has 2 nitrogen and oxygen atoms in total. The van der Waals surface area contributed by atoms with Crippen molar-refractivity contribution >= 4 is 5.69 Å². The standard InChI is InChI=1S/C20H15NO/c21-18-9-5-11-20(15-18)22-19-10-4-8-17(14-19)13-12-16-6-2-1-3-7-16/h1-11,14-15H,21H2. The van der Waals surface area contributed by atoms with Crippen molar-refractivity contribution in [3.8, 4) is 23.3 Å². The number of ether oxygens (including phenoxy) is 1. The lowest BCUT2D eigenvalue weighted by molar-refractivity contribution is 0.483. The monoisotopic (exact) mass is 285 g/mol. The van der Waals surface area contributed by atoms with E-state index in [0.717, 1.165) is 16.9 Å². The molecule has 0 aliphatic heterocycles. The number of nitrogens with two attached hydrogens (primary N) is 1. The number of hydrogen-bond acceptors (Lipinski definition) is 2. The molecule has 3 aromatic carbocycles. The van der Waals surface area contributed by atoms with E-state index in [4.69, 9.17) is 10.5 Å². The number of benzene rings is 3. The van der Waals surface area contributed by atoms with E-state index in [9.17, 15) is 0 Å². The lowest BCUT2D eigenvalue weighted by atomic mass is 10.2. The Labute approximate surface area is 130 Å². The van der Waals surface area contributed by atoms with E-state index in [-0.39, 0.29) is 0 Å². The van der Waals surface area contributed by atoms with Crippen LogP contribution in [0.2, 0.25) is 0 Å². The van der Waals surface area contributed by atoms with Gasteiger partial charge >= 0.3 is 0 Å². The summed E-state index contributed by atoms with van der Waals surface area (Å²) in [5, 5.41) is 0. The van der Waals surface area contributed by atoms with Crippen molar-refractivity contribution in [1.82, 2.24) is 0 Å². The largest absolute Gasteiger partial charge is 0.457 e. The maximum atomic E-state index is 5.80. The molecule has 0 saturated carbocycles. The molecular weight excluding hydrogens is 270 g/mol. The van der Waals surface area contributed by atoms with Crippen molar-refractivity contribution in [2.45, 2.75) is 0 Å². The molecule has 0 spiro atoms. The number of hydrogen-bond donors (Lipinski definition) is 1. The molecule has 106 valence electrons. The molecule has 0 saturated heterocycles. The molecule has 0 heterocycles. The quantitative estimate of drug-likeness (QED) is 0.557. The van der Waals surface area contributed by atoms with Crippen LogP contribution in [0.3, 0.4) is 0 Å². The van der Waals surface area contributed by atoms with Gasteiger partial charge < -0.3 is 10.5 Å². The molecule has 0 aromatic heterocycles. The van der Waals surface area contributed by atoms with Crippen LogP contribution >= 0.6 is 0 Å². The van der Waals surface area contributed by atoms with Gasteiger partial charge in [-0.2, -0.15) is 0 Å². The lowest BCUT2D eigenvalue weighted by Gasteiger charge is -2.06. The summed E-state index contributed by atoms with van der Waals surface area (Å²) >= 11 is 0. The van der Waals surface area contributed by atoms with E-state index < -0.39 is 0 Å². The zero-order valence-electron chi connectivity index (χ0n) is 12.0. The maximum absolute atomic E-state index is 5.80. The summed E-state index contributed by atoms with van der Waals surface area (Å²) < 4.78 is 5.80. The van der Waals surface area contributed by atoms with E-state index in [1.54, 1.807) is 6.07 Å². The molecule has 2 N–H and O–H groups in total. The first-order valence-electron chi connectivity index (χ1n) is 7.00. The van der Waals surface area contributed by atoms with Crippen molar-refractivity contribution < 1.29 is 4.74 Å². The first-order valence-corrected chi connectivity index (χ1v) is 7.00. The number of rotatable bonds is 2. The van der Waals surface area contributed by atoms with Gasteiger partial charge in [0.1, 0.15) is 11.5 Å². The predicted octanol–water partition coefficient (Wildman–Crippen LogP) is 4.46. The highest BCUT2D eigenvalue weighted by atomic mass is 16.5. The summed E-state index contributed by atoms with van der Waals surface area (Å²) in [6.45, 7) is 0. The fraction of sp³-hybridized carbons (Fsp3) is 0. The highest BCUT2D eigenvalue weighted by molar-refractivity contribution is 5.48. The fourth-order valence-electron chi connectivity index (χ4n) is 2.02. The van der Waals surface area contributed by atoms with Gasteiger partial charge in [-0.1, -0.05) is 42.2 Å². The normalized spacial score (nSPS) is 9.64. The van der Waals surface area contributed by atoms with Crippen LogP contribution in [0, 0.1) is 11.8 Å². The fourth-order valence-corrected chi connectivity index (χ4v) is 2.02. The van der Waals surface area contributed by atoms with E-state index in [1.165, 1.54) is 0 Å². The van der Waals surface area contributed by atoms with Gasteiger partial charge in [0.2, 0.25) is 0 Å². The van der Waals surface area contributed by atoms with Crippen molar-refractivity contribution in [3.05, 3.63) is 90.0 Å². The molecule has 0 atom stereocenters. The van der Waals surface area contributed by atoms with Crippen LogP contribution in [0.4, 0.5) is 5.69 Å². The Morgan fingerprint density at radius 2 is 1.27 bits per heavy atom. The van der Waals surface area contributed by atoms with Crippen LogP contribution < -0.4 is 10.5 Å². The van der Waals surface area contributed by atoms with Crippen molar-refractivity contribution in [3.63, 3.8) is 0 Å². The summed E-state index contributed by atoms with van der Waals surface area (Å²) in [7, 11) is 0. The van der Waals surface area contributed by atoms with Gasteiger partial charge in [-0.15, -0.1) is 0 Å². The molecule has 3 aromatic rings. The molecule has 0 fully saturated rings. The van der Waals surface area contributed by atoms with Gasteiger partial charge in [-0.3, -0.25) is 0 Å². The summed E-state index contributed by atoms with van der Waals surface area (Å²) in [5.41, 5.74) is 8.33. The van der Waals surface area contributed by atoms with E-state index in [0.29, 0.717) is 11.4 Å². The highest BCUT2D eigenvalue weighted by Gasteiger charge is 1.98. The molecule has 22 heavy (non-hydrogen) atoms. The minimum atomic E-state index is 0.678. The first-order chi connectivity index (χ1) is 10.8. The zero-order chi connectivity index (χ0) is 15.2. The van der Waals surface area contributed by atoms with Crippen molar-refractivity contribution in [2.75, 3.05) is 5.73 Å². The summed E-state index contributed by atoms with van der Waals surface area (Å²) in [4.78, 5) is 0. The molecule has 3 rings (SSSR count). The van der Waals surface area contributed by atoms with E-state index in [1.807, 2.05) is 72.8 Å². The van der Waals surface area contributed by atoms with Crippen molar-refractivity contribution in [2.24, 2.45) is 0 Å². The molecule has 0 radical (unpaired) electrons. The van der Waals surface area contributed by atoms with Crippen LogP contribution in [0.25, 0.3) is 0 Å². The molecule has 0 unspecified atom stereocenters. The number of nitrogen functional groups attached to an aromatic ring is 1. The van der Waals surface area contributed by atoms with Crippen LogP contribution in [0.15, 0.2) is 78.9 Å². The molecule has 2 heteroatoms. The third-order valence-corrected chi connectivity index (χ3v) is 3.05. The lowest BCUT2D eigenvalue weighted by Crippen LogP contribution is -1.88. The SMILES string of the molecule is Nc1cccc(Oc2cccc(C#Cc3ccccc3)c2)c1. The Bertz CT molecular complexity index is 829. The number of anilines is 1. The second kappa shape index (κ2) is 6.51. The smallest absolute Gasteiger partial charge is 0.129 e. The second-order valence-electron chi connectivity index (χ2n) is 4.82. The Balaban J connectivity index is 1.80. The Hall–Kier alpha value is -3.18. The summed E-state index contributed by atoms with van der Waals surface area (Å²) in [6.07, 6.45) is 0. The first kappa shape index (κ1) is 13.8. The van der Waals surface area contributed by atoms with Gasteiger partial charge in [0, 0.05) is 22.9 Å². The van der Waals surface area contributed by atoms with Crippen LogP contribution in [-0.4, -0.2) is 0 Å². The van der Waals surface area contributed by atoms with Gasteiger partial charge in [-0.05, 0) is 42.5 Å². The molecule has 0 amide bonds. The molecular formula is C20H15NO. The molecule has 0 aliphatic rings. The van der Waals surface area contributed by atoms with Gasteiger partial charge in [0.25, 0.3) is 0 Å². The van der Waals surface area contributed by atoms with Gasteiger partial charge in [-0.25, -0.2) is 0 Å². The average molecular weight is 285 g/mol. The maximum Gasteiger partial charge on any atom is 0.129 e. The van der Waals surface area contributed by atoms with Crippen LogP contribution in [-0.2, 0) is 0 Å². The van der Waals surface area contributed by atoms with Crippen molar-refractivity contribution in [1.29, 1.82) is 0 Å². The van der Waals surface area contributed by atoms with Gasteiger partial charge in [0.15, 0.2) is 0 Å². The summed E-state index contributed by atoms with van der Waals surface area (Å²) in [6, 6.07) is 25.0. The average Bonchev–Trinajstić information content (AvgIpc) is 2.54. The highest BCUT2D eigenvalue weighted by Crippen LogP contribution is 2.23. The topological polar surface area (TPSA) is 35.2 Å². The second-order valence-corrected chi connectivity index (χ2v) is 4.82. The third kappa shape index (κ3) is 3.68. The Morgan fingerprint density at radius 1 is 0.636 bits per heavy atom. The van der Waals surface area contributed by atoms with Crippen LogP contribution in [0.1, 0.15) is 11.1 Å². The summed E-state index contributed by atoms with van der Waals surface area (Å²) in [5.74, 6) is 7.74. The van der Waals surface area contributed by atoms with E-state index >= 15 is 0 Å². The van der Waals surface area contributed by atoms with Crippen LogP contribution in [0.5, 0.6) is 11.5 Å². The van der Waals surface area contributed by atoms with Gasteiger partial charge in [0.05, 0.1) is 0 Å². The Morgan fingerprint density at radius 3 is 2.05 bits per heavy atom. The zero-order valence-corrected chi connectivity index (χ0v) is 12.0. The predicted molar refractivity (Wildman–Crippen MR) is 89.8 cm³/mol. The third-order valence-electron chi connectivity index (χ3n) is 3.05. The molecule has 0 aliphatic carbocycles. The Kier molecular flexibility index (Phi) is 4.08.